The maximum atomic E-state index is 12.7. The fourth-order valence-electron chi connectivity index (χ4n) is 2.93. The number of nitrogens with zero attached hydrogens (tertiary/aromatic N) is 5. The van der Waals surface area contributed by atoms with Crippen LogP contribution < -0.4 is 5.32 Å². The molecule has 3 aromatic rings. The minimum Gasteiger partial charge on any atom is -0.326 e. The van der Waals surface area contributed by atoms with Crippen molar-refractivity contribution >= 4 is 39.4 Å². The number of amides is 2. The third kappa shape index (κ3) is 2.42. The van der Waals surface area contributed by atoms with Gasteiger partial charge in [0.05, 0.1) is 16.3 Å². The van der Waals surface area contributed by atoms with Crippen LogP contribution in [0.3, 0.4) is 0 Å². The second-order valence-electron chi connectivity index (χ2n) is 5.60. The van der Waals surface area contributed by atoms with E-state index in [1.54, 1.807) is 28.9 Å². The molecule has 0 aromatic carbocycles. The fraction of sp³-hybridized carbons (Fsp3) is 0.267. The molecule has 0 fully saturated rings. The minimum absolute atomic E-state index is 0.0340. The summed E-state index contributed by atoms with van der Waals surface area (Å²) in [4.78, 5) is 38.6. The molecule has 8 nitrogen and oxygen atoms in total. The van der Waals surface area contributed by atoms with Crippen molar-refractivity contribution in [3.8, 4) is 0 Å². The number of rotatable bonds is 3. The van der Waals surface area contributed by atoms with E-state index in [0.717, 1.165) is 10.3 Å². The first-order valence-corrected chi connectivity index (χ1v) is 8.32. The van der Waals surface area contributed by atoms with Crippen LogP contribution in [0, 0.1) is 0 Å². The van der Waals surface area contributed by atoms with E-state index in [1.165, 1.54) is 11.3 Å². The summed E-state index contributed by atoms with van der Waals surface area (Å²) in [6, 6.07) is 3.56. The van der Waals surface area contributed by atoms with Crippen molar-refractivity contribution in [2.45, 2.75) is 13.0 Å². The molecule has 1 atom stereocenters. The molecular weight excluding hydrogens is 328 g/mol. The highest BCUT2D eigenvalue weighted by Gasteiger charge is 2.32. The first-order valence-electron chi connectivity index (χ1n) is 7.44. The number of fused-ring (bicyclic) bond motifs is 3. The van der Waals surface area contributed by atoms with Gasteiger partial charge in [-0.05, 0) is 19.1 Å². The molecule has 1 aliphatic rings. The van der Waals surface area contributed by atoms with E-state index in [0.29, 0.717) is 12.2 Å². The van der Waals surface area contributed by atoms with Gasteiger partial charge in [0.1, 0.15) is 12.2 Å². The van der Waals surface area contributed by atoms with Crippen molar-refractivity contribution in [1.29, 1.82) is 0 Å². The van der Waals surface area contributed by atoms with E-state index in [9.17, 15) is 9.59 Å². The van der Waals surface area contributed by atoms with E-state index in [2.05, 4.69) is 20.3 Å². The summed E-state index contributed by atoms with van der Waals surface area (Å²) in [5, 5.41) is 2.60. The molecule has 1 aliphatic heterocycles. The summed E-state index contributed by atoms with van der Waals surface area (Å²) >= 11 is 1.50. The van der Waals surface area contributed by atoms with Crippen molar-refractivity contribution in [3.05, 3.63) is 35.7 Å². The van der Waals surface area contributed by atoms with Crippen molar-refractivity contribution in [1.82, 2.24) is 24.4 Å². The number of carbonyl (C=O) groups is 2. The molecule has 4 rings (SSSR count). The van der Waals surface area contributed by atoms with Gasteiger partial charge < -0.3 is 9.47 Å². The van der Waals surface area contributed by atoms with Gasteiger partial charge in [-0.3, -0.25) is 14.9 Å². The Morgan fingerprint density at radius 2 is 2.17 bits per heavy atom. The summed E-state index contributed by atoms with van der Waals surface area (Å²) < 4.78 is 2.93. The maximum Gasteiger partial charge on any atom is 0.271 e. The Hall–Kier alpha value is -2.81. The summed E-state index contributed by atoms with van der Waals surface area (Å²) in [5.74, 6) is -0.253. The average Bonchev–Trinajstić information content (AvgIpc) is 3.14. The van der Waals surface area contributed by atoms with Gasteiger partial charge in [-0.15, -0.1) is 11.3 Å². The highest BCUT2D eigenvalue weighted by Crippen LogP contribution is 2.30. The summed E-state index contributed by atoms with van der Waals surface area (Å²) in [7, 11) is 0. The van der Waals surface area contributed by atoms with Gasteiger partial charge in [0.15, 0.2) is 5.65 Å². The quantitative estimate of drug-likeness (QED) is 0.779. The third-order valence-electron chi connectivity index (χ3n) is 3.91. The lowest BCUT2D eigenvalue weighted by molar-refractivity contribution is -0.117. The monoisotopic (exact) mass is 342 g/mol. The SMILES string of the molecule is CC1CN(CC(=O)Nc2ncccn2)C(=O)c2cc3scnc3n21. The molecule has 3 aromatic heterocycles. The van der Waals surface area contributed by atoms with Crippen LogP contribution in [0.2, 0.25) is 0 Å². The number of nitrogens with one attached hydrogen (secondary N) is 1. The van der Waals surface area contributed by atoms with E-state index in [1.807, 2.05) is 17.6 Å². The molecule has 0 radical (unpaired) electrons. The van der Waals surface area contributed by atoms with Gasteiger partial charge in [0, 0.05) is 18.9 Å². The molecule has 0 spiro atoms. The summed E-state index contributed by atoms with van der Waals surface area (Å²) in [5.41, 5.74) is 3.18. The van der Waals surface area contributed by atoms with Gasteiger partial charge in [-0.1, -0.05) is 0 Å². The van der Waals surface area contributed by atoms with Gasteiger partial charge >= 0.3 is 0 Å². The minimum atomic E-state index is -0.318. The topological polar surface area (TPSA) is 93.0 Å². The highest BCUT2D eigenvalue weighted by molar-refractivity contribution is 7.16. The number of hydrogen-bond acceptors (Lipinski definition) is 6. The van der Waals surface area contributed by atoms with Crippen molar-refractivity contribution in [3.63, 3.8) is 0 Å². The van der Waals surface area contributed by atoms with Crippen LogP contribution in [-0.4, -0.2) is 49.3 Å². The Kier molecular flexibility index (Phi) is 3.49. The zero-order valence-electron chi connectivity index (χ0n) is 12.8. The molecule has 1 N–H and O–H groups in total. The molecule has 9 heteroatoms. The predicted octanol–water partition coefficient (Wildman–Crippen LogP) is 1.54. The second-order valence-corrected chi connectivity index (χ2v) is 6.48. The molecule has 24 heavy (non-hydrogen) atoms. The van der Waals surface area contributed by atoms with E-state index in [-0.39, 0.29) is 30.3 Å². The largest absolute Gasteiger partial charge is 0.326 e. The molecule has 4 heterocycles. The van der Waals surface area contributed by atoms with Crippen molar-refractivity contribution in [2.24, 2.45) is 0 Å². The van der Waals surface area contributed by atoms with Gasteiger partial charge in [-0.2, -0.15) is 0 Å². The Balaban J connectivity index is 1.54. The lowest BCUT2D eigenvalue weighted by Crippen LogP contribution is -2.45. The Morgan fingerprint density at radius 1 is 1.38 bits per heavy atom. The average molecular weight is 342 g/mol. The van der Waals surface area contributed by atoms with Gasteiger partial charge in [-0.25, -0.2) is 15.0 Å². The van der Waals surface area contributed by atoms with Crippen molar-refractivity contribution < 1.29 is 9.59 Å². The first kappa shape index (κ1) is 14.8. The van der Waals surface area contributed by atoms with E-state index >= 15 is 0 Å². The van der Waals surface area contributed by atoms with Gasteiger partial charge in [0.2, 0.25) is 11.9 Å². The van der Waals surface area contributed by atoms with Crippen LogP contribution in [0.4, 0.5) is 5.95 Å². The normalized spacial score (nSPS) is 17.1. The smallest absolute Gasteiger partial charge is 0.271 e. The standard InChI is InChI=1S/C15H14N6O2S/c1-9-6-20(7-12(22)19-15-16-3-2-4-17-15)14(23)10-5-11-13(21(9)10)18-8-24-11/h2-5,8-9H,6-7H2,1H3,(H,16,17,19,22). The van der Waals surface area contributed by atoms with Crippen molar-refractivity contribution in [2.75, 3.05) is 18.4 Å². The second kappa shape index (κ2) is 5.68. The zero-order chi connectivity index (χ0) is 16.7. The number of hydrogen-bond donors (Lipinski definition) is 1. The number of anilines is 1. The summed E-state index contributed by atoms with van der Waals surface area (Å²) in [6.07, 6.45) is 3.09. The predicted molar refractivity (Wildman–Crippen MR) is 88.9 cm³/mol. The summed E-state index contributed by atoms with van der Waals surface area (Å²) in [6.45, 7) is 2.43. The Labute approximate surface area is 141 Å². The first-order chi connectivity index (χ1) is 11.6. The Bertz CT molecular complexity index is 919. The third-order valence-corrected chi connectivity index (χ3v) is 4.68. The molecule has 0 aliphatic carbocycles. The van der Waals surface area contributed by atoms with Crippen LogP contribution in [0.1, 0.15) is 23.5 Å². The van der Waals surface area contributed by atoms with Crippen LogP contribution >= 0.6 is 11.3 Å². The number of carbonyl (C=O) groups excluding carboxylic acids is 2. The Morgan fingerprint density at radius 3 is 2.96 bits per heavy atom. The van der Waals surface area contributed by atoms with Crippen LogP contribution in [0.15, 0.2) is 30.0 Å². The molecule has 0 saturated carbocycles. The maximum absolute atomic E-state index is 12.7. The molecular formula is C15H14N6O2S. The zero-order valence-corrected chi connectivity index (χ0v) is 13.7. The molecule has 122 valence electrons. The van der Waals surface area contributed by atoms with E-state index < -0.39 is 0 Å². The molecule has 2 amide bonds. The molecule has 0 bridgehead atoms. The molecule has 0 saturated heterocycles. The molecule has 1 unspecified atom stereocenters. The number of thiazole rings is 1. The van der Waals surface area contributed by atoms with Crippen LogP contribution in [-0.2, 0) is 4.79 Å². The number of aromatic nitrogens is 4. The lowest BCUT2D eigenvalue weighted by atomic mass is 10.2. The van der Waals surface area contributed by atoms with Gasteiger partial charge in [0.25, 0.3) is 5.91 Å². The fourth-order valence-corrected chi connectivity index (χ4v) is 3.63. The van der Waals surface area contributed by atoms with E-state index in [4.69, 9.17) is 0 Å². The van der Waals surface area contributed by atoms with Crippen LogP contribution in [0.25, 0.3) is 10.3 Å². The van der Waals surface area contributed by atoms with Crippen LogP contribution in [0.5, 0.6) is 0 Å². The highest BCUT2D eigenvalue weighted by atomic mass is 32.1. The lowest BCUT2D eigenvalue weighted by Gasteiger charge is -2.32.